The van der Waals surface area contributed by atoms with E-state index in [0.717, 1.165) is 33.1 Å². The van der Waals surface area contributed by atoms with Gasteiger partial charge in [0.1, 0.15) is 18.1 Å². The Kier molecular flexibility index (Phi) is 11.3. The topological polar surface area (TPSA) is 108 Å². The molecule has 0 spiro atoms. The van der Waals surface area contributed by atoms with Crippen LogP contribution >= 0.6 is 0 Å². The molecular formula is C20H15K2NO5. The van der Waals surface area contributed by atoms with Crippen LogP contribution in [0.1, 0.15) is 5.56 Å². The molecule has 4 aromatic rings. The second-order valence-corrected chi connectivity index (χ2v) is 5.59. The number of carboxylic acid groups (broad SMARTS) is 2. The van der Waals surface area contributed by atoms with Gasteiger partial charge in [0.05, 0.1) is 11.0 Å². The van der Waals surface area contributed by atoms with Gasteiger partial charge >= 0.3 is 103 Å². The molecule has 4 rings (SSSR count). The van der Waals surface area contributed by atoms with Gasteiger partial charge in [-0.2, -0.15) is 0 Å². The van der Waals surface area contributed by atoms with Crippen molar-refractivity contribution < 1.29 is 128 Å². The zero-order valence-electron chi connectivity index (χ0n) is 15.6. The SMILES string of the molecule is O=C([O-])[O-].Oc1ccc2c(c1)[nH]c1cc(OCc3ccccc3)ccc12.[K+].[K+]. The van der Waals surface area contributed by atoms with Gasteiger partial charge < -0.3 is 29.8 Å². The van der Waals surface area contributed by atoms with E-state index in [1.54, 1.807) is 12.1 Å². The molecule has 0 aliphatic carbocycles. The van der Waals surface area contributed by atoms with Crippen LogP contribution in [0.2, 0.25) is 0 Å². The van der Waals surface area contributed by atoms with E-state index in [1.165, 1.54) is 0 Å². The molecule has 1 heterocycles. The van der Waals surface area contributed by atoms with Gasteiger partial charge in [0.2, 0.25) is 0 Å². The predicted octanol–water partition coefficient (Wildman–Crippen LogP) is -3.83. The molecule has 0 atom stereocenters. The van der Waals surface area contributed by atoms with Crippen LogP contribution in [0.4, 0.5) is 4.79 Å². The summed E-state index contributed by atoms with van der Waals surface area (Å²) in [6.45, 7) is 0.549. The number of phenolic OH excluding ortho intramolecular Hbond substituents is 1. The maximum atomic E-state index is 9.58. The number of hydrogen-bond donors (Lipinski definition) is 2. The van der Waals surface area contributed by atoms with Crippen molar-refractivity contribution in [2.24, 2.45) is 0 Å². The first-order chi connectivity index (χ1) is 12.5. The summed E-state index contributed by atoms with van der Waals surface area (Å²) in [6, 6.07) is 21.5. The number of H-pyrrole nitrogens is 1. The zero-order chi connectivity index (χ0) is 18.5. The van der Waals surface area contributed by atoms with Gasteiger partial charge in [0.15, 0.2) is 0 Å². The Morgan fingerprint density at radius 2 is 1.46 bits per heavy atom. The molecule has 0 amide bonds. The first-order valence-electron chi connectivity index (χ1n) is 7.82. The van der Waals surface area contributed by atoms with Crippen LogP contribution in [0.5, 0.6) is 11.5 Å². The fourth-order valence-corrected chi connectivity index (χ4v) is 2.71. The minimum atomic E-state index is -2.33. The Bertz CT molecular complexity index is 1050. The molecule has 0 saturated heterocycles. The number of benzene rings is 3. The Labute approximate surface area is 246 Å². The summed E-state index contributed by atoms with van der Waals surface area (Å²) in [7, 11) is 0. The number of ether oxygens (including phenoxy) is 1. The minimum absolute atomic E-state index is 0. The quantitative estimate of drug-likeness (QED) is 0.326. The van der Waals surface area contributed by atoms with Crippen molar-refractivity contribution in [1.82, 2.24) is 4.98 Å². The third-order valence-corrected chi connectivity index (χ3v) is 3.80. The van der Waals surface area contributed by atoms with E-state index in [0.29, 0.717) is 6.61 Å². The maximum absolute atomic E-state index is 9.58. The summed E-state index contributed by atoms with van der Waals surface area (Å²) < 4.78 is 5.85. The molecule has 3 aromatic carbocycles. The number of nitrogens with one attached hydrogen (secondary N) is 1. The molecule has 0 bridgehead atoms. The van der Waals surface area contributed by atoms with Crippen LogP contribution in [0.3, 0.4) is 0 Å². The monoisotopic (exact) mass is 427 g/mol. The average molecular weight is 428 g/mol. The summed E-state index contributed by atoms with van der Waals surface area (Å²) in [5.74, 6) is 1.09. The number of aromatic hydroxyl groups is 1. The normalized spacial score (nSPS) is 9.57. The second kappa shape index (κ2) is 12.3. The number of hydrogen-bond acceptors (Lipinski definition) is 5. The number of aromatic nitrogens is 1. The van der Waals surface area contributed by atoms with Crippen molar-refractivity contribution in [3.05, 3.63) is 72.3 Å². The van der Waals surface area contributed by atoms with E-state index in [1.807, 2.05) is 54.6 Å². The summed E-state index contributed by atoms with van der Waals surface area (Å²) >= 11 is 0. The Morgan fingerprint density at radius 1 is 0.893 bits per heavy atom. The molecule has 6 nitrogen and oxygen atoms in total. The van der Waals surface area contributed by atoms with Crippen molar-refractivity contribution in [3.63, 3.8) is 0 Å². The molecule has 0 unspecified atom stereocenters. The number of rotatable bonds is 3. The summed E-state index contributed by atoms with van der Waals surface area (Å²) in [4.78, 5) is 11.7. The first kappa shape index (κ1) is 25.6. The molecule has 0 aliphatic rings. The summed E-state index contributed by atoms with van der Waals surface area (Å²) in [5.41, 5.74) is 3.07. The zero-order valence-corrected chi connectivity index (χ0v) is 21.9. The van der Waals surface area contributed by atoms with Crippen LogP contribution in [0.25, 0.3) is 21.8 Å². The van der Waals surface area contributed by atoms with Gasteiger partial charge in [-0.1, -0.05) is 30.3 Å². The molecule has 28 heavy (non-hydrogen) atoms. The van der Waals surface area contributed by atoms with Gasteiger partial charge in [0.25, 0.3) is 0 Å². The van der Waals surface area contributed by atoms with Gasteiger partial charge in [-0.15, -0.1) is 0 Å². The summed E-state index contributed by atoms with van der Waals surface area (Å²) in [6.07, 6.45) is -2.33. The molecule has 0 aliphatic heterocycles. The molecule has 8 heteroatoms. The molecule has 132 valence electrons. The third kappa shape index (κ3) is 7.14. The van der Waals surface area contributed by atoms with Gasteiger partial charge in [-0.05, 0) is 36.0 Å². The fourth-order valence-electron chi connectivity index (χ4n) is 2.71. The smallest absolute Gasteiger partial charge is 0.652 e. The predicted molar refractivity (Wildman–Crippen MR) is 93.6 cm³/mol. The van der Waals surface area contributed by atoms with E-state index in [9.17, 15) is 5.11 Å². The number of aromatic amines is 1. The molecular weight excluding hydrogens is 412 g/mol. The fraction of sp³-hybridized carbons (Fsp3) is 0.0500. The van der Waals surface area contributed by atoms with Crippen molar-refractivity contribution in [3.8, 4) is 11.5 Å². The van der Waals surface area contributed by atoms with E-state index in [2.05, 4.69) is 4.98 Å². The Balaban J connectivity index is 0.000000601. The molecule has 2 N–H and O–H groups in total. The van der Waals surface area contributed by atoms with Crippen molar-refractivity contribution in [2.45, 2.75) is 6.61 Å². The van der Waals surface area contributed by atoms with E-state index in [-0.39, 0.29) is 109 Å². The standard InChI is InChI=1S/C19H15NO2.CH2O3.2K/c21-14-6-8-16-17-9-7-15(11-19(17)20-18(16)10-14)22-12-13-4-2-1-3-5-13;2-1(3)4;;/h1-11,20-21H,12H2;(H2,2,3,4);;/q;;2*+1/p-2. The molecule has 0 saturated carbocycles. The molecule has 0 fully saturated rings. The number of fused-ring (bicyclic) bond motifs is 3. The second-order valence-electron chi connectivity index (χ2n) is 5.59. The van der Waals surface area contributed by atoms with E-state index >= 15 is 0 Å². The first-order valence-corrected chi connectivity index (χ1v) is 7.82. The molecule has 1 aromatic heterocycles. The minimum Gasteiger partial charge on any atom is -0.652 e. The van der Waals surface area contributed by atoms with E-state index in [4.69, 9.17) is 19.7 Å². The van der Waals surface area contributed by atoms with E-state index < -0.39 is 6.16 Å². The maximum Gasteiger partial charge on any atom is 1.00 e. The van der Waals surface area contributed by atoms with Crippen LogP contribution < -0.4 is 118 Å². The Morgan fingerprint density at radius 3 is 2.11 bits per heavy atom. The largest absolute Gasteiger partial charge is 1.00 e. The van der Waals surface area contributed by atoms with Gasteiger partial charge in [-0.25, -0.2) is 0 Å². The van der Waals surface area contributed by atoms with Crippen LogP contribution in [-0.4, -0.2) is 16.2 Å². The van der Waals surface area contributed by atoms with Crippen LogP contribution in [0.15, 0.2) is 66.7 Å². The van der Waals surface area contributed by atoms with Crippen LogP contribution in [0, 0.1) is 0 Å². The van der Waals surface area contributed by atoms with Crippen molar-refractivity contribution in [1.29, 1.82) is 0 Å². The third-order valence-electron chi connectivity index (χ3n) is 3.80. The number of carbonyl (C=O) groups is 1. The molecule has 0 radical (unpaired) electrons. The number of carbonyl (C=O) groups excluding carboxylic acids is 1. The van der Waals surface area contributed by atoms with Gasteiger partial charge in [0, 0.05) is 22.9 Å². The summed E-state index contributed by atoms with van der Waals surface area (Å²) in [5, 5.41) is 28.5. The van der Waals surface area contributed by atoms with Gasteiger partial charge in [-0.3, -0.25) is 0 Å². The Hall–Kier alpha value is -0.397. The number of phenols is 1. The van der Waals surface area contributed by atoms with Crippen LogP contribution in [-0.2, 0) is 6.61 Å². The van der Waals surface area contributed by atoms with Crippen molar-refractivity contribution >= 4 is 28.0 Å². The average Bonchev–Trinajstić information content (AvgIpc) is 2.97. The van der Waals surface area contributed by atoms with Crippen molar-refractivity contribution in [2.75, 3.05) is 0 Å².